The molecule has 0 bridgehead atoms. The van der Waals surface area contributed by atoms with Crippen molar-refractivity contribution in [3.63, 3.8) is 0 Å². The predicted octanol–water partition coefficient (Wildman–Crippen LogP) is 2.68. The van der Waals surface area contributed by atoms with Gasteiger partial charge in [-0.1, -0.05) is 23.7 Å². The van der Waals surface area contributed by atoms with Gasteiger partial charge in [-0.2, -0.15) is 5.26 Å². The van der Waals surface area contributed by atoms with Gasteiger partial charge < -0.3 is 4.74 Å². The van der Waals surface area contributed by atoms with Crippen LogP contribution in [-0.2, 0) is 0 Å². The number of halogens is 1. The van der Waals surface area contributed by atoms with Gasteiger partial charge in [0.15, 0.2) is 0 Å². The Hall–Kier alpha value is -2.25. The molecule has 0 unspecified atom stereocenters. The first-order chi connectivity index (χ1) is 9.10. The molecule has 5 heteroatoms. The highest BCUT2D eigenvalue weighted by Crippen LogP contribution is 2.23. The van der Waals surface area contributed by atoms with Gasteiger partial charge in [0.05, 0.1) is 17.8 Å². The number of nitriles is 1. The van der Waals surface area contributed by atoms with Crippen LogP contribution in [0.3, 0.4) is 0 Å². The van der Waals surface area contributed by atoms with E-state index in [0.717, 1.165) is 0 Å². The van der Waals surface area contributed by atoms with Crippen molar-refractivity contribution < 1.29 is 4.74 Å². The molecule has 0 radical (unpaired) electrons. The minimum Gasteiger partial charge on any atom is -0.495 e. The van der Waals surface area contributed by atoms with Crippen LogP contribution in [0.15, 0.2) is 35.3 Å². The van der Waals surface area contributed by atoms with Crippen LogP contribution < -0.4 is 10.3 Å². The molecule has 96 valence electrons. The number of aryl methyl sites for hydroxylation is 1. The Morgan fingerprint density at radius 1 is 1.37 bits per heavy atom. The summed E-state index contributed by atoms with van der Waals surface area (Å²) >= 11 is 5.96. The molecule has 4 nitrogen and oxygen atoms in total. The molecule has 0 aliphatic heterocycles. The molecule has 0 N–H and O–H groups in total. The van der Waals surface area contributed by atoms with E-state index in [1.165, 1.54) is 11.7 Å². The third-order valence-electron chi connectivity index (χ3n) is 2.78. The van der Waals surface area contributed by atoms with Crippen molar-refractivity contribution in [3.05, 3.63) is 57.0 Å². The first-order valence-electron chi connectivity index (χ1n) is 5.55. The van der Waals surface area contributed by atoms with E-state index in [1.807, 2.05) is 6.07 Å². The van der Waals surface area contributed by atoms with Crippen LogP contribution in [0, 0.1) is 18.3 Å². The molecule has 1 aromatic heterocycles. The molecule has 0 saturated heterocycles. The highest BCUT2D eigenvalue weighted by atomic mass is 35.5. The lowest BCUT2D eigenvalue weighted by molar-refractivity contribution is 0.412. The third kappa shape index (κ3) is 2.20. The second kappa shape index (κ2) is 5.17. The highest BCUT2D eigenvalue weighted by molar-refractivity contribution is 6.32. The summed E-state index contributed by atoms with van der Waals surface area (Å²) in [5, 5.41) is 9.24. The summed E-state index contributed by atoms with van der Waals surface area (Å²) in [6.45, 7) is 1.74. The van der Waals surface area contributed by atoms with Gasteiger partial charge in [0.25, 0.3) is 5.56 Å². The van der Waals surface area contributed by atoms with Gasteiger partial charge in [0.2, 0.25) is 0 Å². The molecule has 0 saturated carbocycles. The first kappa shape index (κ1) is 13.2. The van der Waals surface area contributed by atoms with Crippen molar-refractivity contribution >= 4 is 11.6 Å². The molecule has 2 aromatic rings. The summed E-state index contributed by atoms with van der Waals surface area (Å²) in [6.07, 6.45) is 1.60. The van der Waals surface area contributed by atoms with Crippen molar-refractivity contribution in [2.24, 2.45) is 0 Å². The minimum atomic E-state index is -0.456. The van der Waals surface area contributed by atoms with Crippen molar-refractivity contribution in [2.75, 3.05) is 7.11 Å². The van der Waals surface area contributed by atoms with Crippen molar-refractivity contribution in [1.29, 1.82) is 5.26 Å². The van der Waals surface area contributed by atoms with Crippen LogP contribution in [-0.4, -0.2) is 11.7 Å². The minimum absolute atomic E-state index is 0.0624. The fourth-order valence-corrected chi connectivity index (χ4v) is 2.00. The quantitative estimate of drug-likeness (QED) is 0.846. The number of benzene rings is 1. The summed E-state index contributed by atoms with van der Waals surface area (Å²) < 4.78 is 6.60. The van der Waals surface area contributed by atoms with E-state index in [2.05, 4.69) is 0 Å². The van der Waals surface area contributed by atoms with Gasteiger partial charge in [0.1, 0.15) is 17.4 Å². The topological polar surface area (TPSA) is 55.0 Å². The Bertz CT molecular complexity index is 729. The van der Waals surface area contributed by atoms with E-state index < -0.39 is 5.56 Å². The van der Waals surface area contributed by atoms with Gasteiger partial charge >= 0.3 is 0 Å². The maximum Gasteiger partial charge on any atom is 0.274 e. The van der Waals surface area contributed by atoms with E-state index in [9.17, 15) is 4.79 Å². The average molecular weight is 275 g/mol. The van der Waals surface area contributed by atoms with Gasteiger partial charge in [-0.3, -0.25) is 9.36 Å². The monoisotopic (exact) mass is 274 g/mol. The summed E-state index contributed by atoms with van der Waals surface area (Å²) in [5.74, 6) is 0.551. The lowest BCUT2D eigenvalue weighted by Crippen LogP contribution is -2.22. The van der Waals surface area contributed by atoms with Crippen LogP contribution in [0.1, 0.15) is 11.1 Å². The van der Waals surface area contributed by atoms with Crippen LogP contribution in [0.4, 0.5) is 0 Å². The van der Waals surface area contributed by atoms with Crippen molar-refractivity contribution in [2.45, 2.75) is 6.92 Å². The Kier molecular flexibility index (Phi) is 3.59. The van der Waals surface area contributed by atoms with E-state index in [1.54, 1.807) is 37.4 Å². The smallest absolute Gasteiger partial charge is 0.274 e. The number of methoxy groups -OCH3 is 1. The molecule has 19 heavy (non-hydrogen) atoms. The molecule has 0 aliphatic carbocycles. The van der Waals surface area contributed by atoms with Gasteiger partial charge in [0, 0.05) is 6.20 Å². The van der Waals surface area contributed by atoms with Crippen molar-refractivity contribution in [3.8, 4) is 17.5 Å². The van der Waals surface area contributed by atoms with Crippen molar-refractivity contribution in [1.82, 2.24) is 4.57 Å². The maximum atomic E-state index is 12.2. The molecular formula is C14H11ClN2O2. The number of rotatable bonds is 2. The number of hydrogen-bond donors (Lipinski definition) is 0. The Labute approximate surface area is 115 Å². The first-order valence-corrected chi connectivity index (χ1v) is 5.93. The second-order valence-corrected chi connectivity index (χ2v) is 4.34. The zero-order chi connectivity index (χ0) is 14.0. The van der Waals surface area contributed by atoms with Crippen LogP contribution in [0.5, 0.6) is 5.75 Å². The van der Waals surface area contributed by atoms with E-state index >= 15 is 0 Å². The van der Waals surface area contributed by atoms with Crippen LogP contribution in [0.25, 0.3) is 5.69 Å². The number of ether oxygens (including phenoxy) is 1. The molecule has 1 aromatic carbocycles. The fourth-order valence-electron chi connectivity index (χ4n) is 1.83. The Morgan fingerprint density at radius 2 is 2.05 bits per heavy atom. The molecule has 0 amide bonds. The molecule has 0 aliphatic rings. The van der Waals surface area contributed by atoms with Gasteiger partial charge in [-0.15, -0.1) is 0 Å². The van der Waals surface area contributed by atoms with Gasteiger partial charge in [-0.05, 0) is 24.6 Å². The van der Waals surface area contributed by atoms with E-state index in [0.29, 0.717) is 17.0 Å². The summed E-state index contributed by atoms with van der Waals surface area (Å²) in [7, 11) is 1.53. The maximum absolute atomic E-state index is 12.2. The summed E-state index contributed by atoms with van der Waals surface area (Å²) in [4.78, 5) is 12.2. The molecular weight excluding hydrogens is 264 g/mol. The molecule has 0 spiro atoms. The largest absolute Gasteiger partial charge is 0.495 e. The van der Waals surface area contributed by atoms with E-state index in [-0.39, 0.29) is 10.6 Å². The number of para-hydroxylation sites is 2. The lowest BCUT2D eigenvalue weighted by atomic mass is 10.2. The number of aromatic nitrogens is 1. The van der Waals surface area contributed by atoms with E-state index in [4.69, 9.17) is 21.6 Å². The van der Waals surface area contributed by atoms with Crippen LogP contribution >= 0.6 is 11.6 Å². The third-order valence-corrected chi connectivity index (χ3v) is 3.26. The number of pyridine rings is 1. The Balaban J connectivity index is 2.81. The molecule has 0 atom stereocenters. The summed E-state index contributed by atoms with van der Waals surface area (Å²) in [5.41, 5.74) is 0.713. The second-order valence-electron chi connectivity index (χ2n) is 3.96. The number of nitrogens with zero attached hydrogens (tertiary/aromatic N) is 2. The average Bonchev–Trinajstić information content (AvgIpc) is 2.43. The zero-order valence-corrected chi connectivity index (χ0v) is 11.2. The highest BCUT2D eigenvalue weighted by Gasteiger charge is 2.14. The number of hydrogen-bond acceptors (Lipinski definition) is 3. The lowest BCUT2D eigenvalue weighted by Gasteiger charge is -2.12. The molecule has 1 heterocycles. The summed E-state index contributed by atoms with van der Waals surface area (Å²) in [6, 6.07) is 8.94. The normalized spacial score (nSPS) is 10.0. The zero-order valence-electron chi connectivity index (χ0n) is 10.5. The molecule has 0 fully saturated rings. The molecule has 2 rings (SSSR count). The predicted molar refractivity (Wildman–Crippen MR) is 73.1 cm³/mol. The van der Waals surface area contributed by atoms with Crippen LogP contribution in [0.2, 0.25) is 5.02 Å². The van der Waals surface area contributed by atoms with Gasteiger partial charge in [-0.25, -0.2) is 0 Å². The fraction of sp³-hybridized carbons (Fsp3) is 0.143. The Morgan fingerprint density at radius 3 is 2.68 bits per heavy atom. The SMILES string of the molecule is COc1ccccc1-n1cc(C)c(Cl)c(C#N)c1=O. The standard InChI is InChI=1S/C14H11ClN2O2/c1-9-8-17(14(18)10(7-16)13(9)15)11-5-3-4-6-12(11)19-2/h3-6,8H,1-2H3.